The highest BCUT2D eigenvalue weighted by atomic mass is 32.2. The molecular weight excluding hydrogens is 460 g/mol. The number of hydrogen-bond acceptors (Lipinski definition) is 4. The molecule has 35 heavy (non-hydrogen) atoms. The molecular formula is C27H30N4O3S. The number of nitrogens with zero attached hydrogens (tertiary/aromatic N) is 2. The van der Waals surface area contributed by atoms with Crippen LogP contribution in [-0.2, 0) is 10.0 Å². The highest BCUT2D eigenvalue weighted by Crippen LogP contribution is 2.31. The zero-order valence-corrected chi connectivity index (χ0v) is 21.1. The van der Waals surface area contributed by atoms with Crippen LogP contribution in [0.25, 0.3) is 10.9 Å². The lowest BCUT2D eigenvalue weighted by Gasteiger charge is -2.20. The van der Waals surface area contributed by atoms with Gasteiger partial charge in [0.15, 0.2) is 0 Å². The Bertz CT molecular complexity index is 1440. The molecule has 182 valence electrons. The summed E-state index contributed by atoms with van der Waals surface area (Å²) >= 11 is 0. The number of para-hydroxylation sites is 1. The molecule has 0 aliphatic heterocycles. The van der Waals surface area contributed by atoms with Gasteiger partial charge in [-0.15, -0.1) is 0 Å². The summed E-state index contributed by atoms with van der Waals surface area (Å²) in [7, 11) is 3.30. The fourth-order valence-electron chi connectivity index (χ4n) is 4.10. The number of sulfonamides is 1. The molecule has 4 aromatic rings. The van der Waals surface area contributed by atoms with Crippen LogP contribution in [0, 0.1) is 0 Å². The Morgan fingerprint density at radius 2 is 1.66 bits per heavy atom. The molecule has 3 aromatic carbocycles. The smallest absolute Gasteiger partial charge is 0.251 e. The van der Waals surface area contributed by atoms with Gasteiger partial charge in [-0.3, -0.25) is 4.79 Å². The first-order valence-electron chi connectivity index (χ1n) is 11.3. The van der Waals surface area contributed by atoms with Crippen LogP contribution in [0.1, 0.15) is 27.4 Å². The van der Waals surface area contributed by atoms with Crippen LogP contribution >= 0.6 is 0 Å². The fourth-order valence-corrected chi connectivity index (χ4v) is 5.05. The molecule has 0 radical (unpaired) electrons. The standard InChI is InChI=1S/C27H30N4O3S/c1-30(2)21-14-12-19(13-15-21)24(25-18-28-26-11-6-5-10-23(25)26)17-29-27(32)20-8-7-9-22(16-20)35(33,34)31(3)4/h5-16,18,24,28H,17H2,1-4H3,(H,29,32)/t24-/m1/s1. The van der Waals surface area contributed by atoms with Gasteiger partial charge in [-0.1, -0.05) is 36.4 Å². The van der Waals surface area contributed by atoms with Gasteiger partial charge in [0.2, 0.25) is 10.0 Å². The van der Waals surface area contributed by atoms with Crippen molar-refractivity contribution >= 4 is 32.5 Å². The second-order valence-electron chi connectivity index (χ2n) is 8.85. The zero-order valence-electron chi connectivity index (χ0n) is 20.3. The highest BCUT2D eigenvalue weighted by Gasteiger charge is 2.22. The Kier molecular flexibility index (Phi) is 6.95. The quantitative estimate of drug-likeness (QED) is 0.390. The number of nitrogens with one attached hydrogen (secondary N) is 2. The largest absolute Gasteiger partial charge is 0.378 e. The van der Waals surface area contributed by atoms with Gasteiger partial charge in [-0.05, 0) is 47.5 Å². The molecule has 0 fully saturated rings. The van der Waals surface area contributed by atoms with E-state index in [0.717, 1.165) is 32.0 Å². The van der Waals surface area contributed by atoms with E-state index in [1.807, 2.05) is 43.4 Å². The number of amides is 1. The Morgan fingerprint density at radius 3 is 2.34 bits per heavy atom. The van der Waals surface area contributed by atoms with E-state index in [1.54, 1.807) is 12.1 Å². The molecule has 7 nitrogen and oxygen atoms in total. The molecule has 0 saturated carbocycles. The average molecular weight is 491 g/mol. The number of H-pyrrole nitrogens is 1. The summed E-state index contributed by atoms with van der Waals surface area (Å²) < 4.78 is 26.1. The summed E-state index contributed by atoms with van der Waals surface area (Å²) in [6, 6.07) is 22.5. The van der Waals surface area contributed by atoms with Gasteiger partial charge in [-0.25, -0.2) is 12.7 Å². The van der Waals surface area contributed by atoms with Crippen molar-refractivity contribution in [3.8, 4) is 0 Å². The van der Waals surface area contributed by atoms with Gasteiger partial charge in [-0.2, -0.15) is 0 Å². The SMILES string of the molecule is CN(C)c1ccc([C@@H](CNC(=O)c2cccc(S(=O)(=O)N(C)C)c2)c2c[nH]c3ccccc23)cc1. The van der Waals surface area contributed by atoms with Crippen LogP contribution in [0.2, 0.25) is 0 Å². The van der Waals surface area contributed by atoms with E-state index < -0.39 is 10.0 Å². The summed E-state index contributed by atoms with van der Waals surface area (Å²) in [5, 5.41) is 4.12. The van der Waals surface area contributed by atoms with Gasteiger partial charge in [0.05, 0.1) is 4.90 Å². The van der Waals surface area contributed by atoms with Crippen LogP contribution in [-0.4, -0.2) is 58.3 Å². The van der Waals surface area contributed by atoms with Crippen molar-refractivity contribution < 1.29 is 13.2 Å². The number of benzene rings is 3. The molecule has 0 bridgehead atoms. The van der Waals surface area contributed by atoms with Crippen molar-refractivity contribution in [3.63, 3.8) is 0 Å². The van der Waals surface area contributed by atoms with E-state index in [0.29, 0.717) is 12.1 Å². The summed E-state index contributed by atoms with van der Waals surface area (Å²) in [6.45, 7) is 0.354. The molecule has 1 aromatic heterocycles. The zero-order chi connectivity index (χ0) is 25.2. The molecule has 0 saturated heterocycles. The van der Waals surface area contributed by atoms with Gasteiger partial charge >= 0.3 is 0 Å². The molecule has 4 rings (SSSR count). The lowest BCUT2D eigenvalue weighted by molar-refractivity contribution is 0.0952. The second kappa shape index (κ2) is 9.93. The number of carbonyl (C=O) groups excluding carboxylic acids is 1. The summed E-state index contributed by atoms with van der Waals surface area (Å²) in [5.41, 5.74) is 4.58. The first kappa shape index (κ1) is 24.5. The monoisotopic (exact) mass is 490 g/mol. The van der Waals surface area contributed by atoms with Crippen LogP contribution in [0.15, 0.2) is 83.9 Å². The Hall–Kier alpha value is -3.62. The number of carbonyl (C=O) groups is 1. The maximum Gasteiger partial charge on any atom is 0.251 e. The van der Waals surface area contributed by atoms with E-state index in [-0.39, 0.29) is 16.7 Å². The van der Waals surface area contributed by atoms with E-state index in [1.165, 1.54) is 26.2 Å². The van der Waals surface area contributed by atoms with Gasteiger partial charge < -0.3 is 15.2 Å². The summed E-state index contributed by atoms with van der Waals surface area (Å²) in [5.74, 6) is -0.421. The predicted molar refractivity (Wildman–Crippen MR) is 141 cm³/mol. The molecule has 0 aliphatic rings. The average Bonchev–Trinajstić information content (AvgIpc) is 3.28. The highest BCUT2D eigenvalue weighted by molar-refractivity contribution is 7.89. The normalized spacial score (nSPS) is 12.6. The maximum atomic E-state index is 13.1. The Labute approximate surface area is 206 Å². The molecule has 8 heteroatoms. The molecule has 1 heterocycles. The van der Waals surface area contributed by atoms with Crippen molar-refractivity contribution in [2.75, 3.05) is 39.6 Å². The number of hydrogen-bond donors (Lipinski definition) is 2. The van der Waals surface area contributed by atoms with Crippen LogP contribution < -0.4 is 10.2 Å². The summed E-state index contributed by atoms with van der Waals surface area (Å²) in [6.07, 6.45) is 1.99. The van der Waals surface area contributed by atoms with E-state index in [2.05, 4.69) is 40.6 Å². The van der Waals surface area contributed by atoms with Crippen LogP contribution in [0.4, 0.5) is 5.69 Å². The maximum absolute atomic E-state index is 13.1. The third-order valence-corrected chi connectivity index (χ3v) is 7.96. The minimum absolute atomic E-state index is 0.0857. The topological polar surface area (TPSA) is 85.5 Å². The van der Waals surface area contributed by atoms with E-state index in [4.69, 9.17) is 0 Å². The first-order valence-corrected chi connectivity index (χ1v) is 12.8. The number of aromatic amines is 1. The van der Waals surface area contributed by atoms with Crippen LogP contribution in [0.5, 0.6) is 0 Å². The van der Waals surface area contributed by atoms with Crippen molar-refractivity contribution in [1.82, 2.24) is 14.6 Å². The fraction of sp³-hybridized carbons (Fsp3) is 0.222. The number of rotatable bonds is 8. The molecule has 1 amide bonds. The molecule has 1 atom stereocenters. The van der Waals surface area contributed by atoms with E-state index in [9.17, 15) is 13.2 Å². The summed E-state index contributed by atoms with van der Waals surface area (Å²) in [4.78, 5) is 18.5. The molecule has 0 unspecified atom stereocenters. The minimum atomic E-state index is -3.63. The Balaban J connectivity index is 1.64. The predicted octanol–water partition coefficient (Wildman–Crippen LogP) is 4.05. The Morgan fingerprint density at radius 1 is 0.943 bits per heavy atom. The molecule has 2 N–H and O–H groups in total. The van der Waals surface area contributed by atoms with Gasteiger partial charge in [0, 0.05) is 69.0 Å². The van der Waals surface area contributed by atoms with Gasteiger partial charge in [0.1, 0.15) is 0 Å². The second-order valence-corrected chi connectivity index (χ2v) is 11.0. The van der Waals surface area contributed by atoms with Crippen LogP contribution in [0.3, 0.4) is 0 Å². The number of aromatic nitrogens is 1. The van der Waals surface area contributed by atoms with Gasteiger partial charge in [0.25, 0.3) is 5.91 Å². The third-order valence-electron chi connectivity index (χ3n) is 6.15. The molecule has 0 spiro atoms. The van der Waals surface area contributed by atoms with Crippen molar-refractivity contribution in [2.45, 2.75) is 10.8 Å². The van der Waals surface area contributed by atoms with E-state index >= 15 is 0 Å². The third kappa shape index (κ3) is 5.08. The molecule has 0 aliphatic carbocycles. The first-order chi connectivity index (χ1) is 16.7. The van der Waals surface area contributed by atoms with Crippen molar-refractivity contribution in [2.24, 2.45) is 0 Å². The van der Waals surface area contributed by atoms with Crippen molar-refractivity contribution in [1.29, 1.82) is 0 Å². The minimum Gasteiger partial charge on any atom is -0.378 e. The lowest BCUT2D eigenvalue weighted by Crippen LogP contribution is -2.29. The number of fused-ring (bicyclic) bond motifs is 1. The van der Waals surface area contributed by atoms with Crippen molar-refractivity contribution in [3.05, 3.63) is 95.7 Å². The lowest BCUT2D eigenvalue weighted by atomic mass is 9.90. The number of anilines is 1.